The van der Waals surface area contributed by atoms with Crippen LogP contribution in [-0.2, 0) is 0 Å². The van der Waals surface area contributed by atoms with Gasteiger partial charge in [0.1, 0.15) is 5.69 Å². The molecule has 1 heterocycles. The predicted molar refractivity (Wildman–Crippen MR) is 97.8 cm³/mol. The fourth-order valence-electron chi connectivity index (χ4n) is 2.64. The van der Waals surface area contributed by atoms with E-state index in [1.54, 1.807) is 0 Å². The first kappa shape index (κ1) is 14.7. The average Bonchev–Trinajstić information content (AvgIpc) is 3.09. The lowest BCUT2D eigenvalue weighted by atomic mass is 10.1. The minimum Gasteiger partial charge on any atom is -0.435 e. The molecule has 4 aromatic rings. The van der Waals surface area contributed by atoms with Gasteiger partial charge in [-0.1, -0.05) is 72.3 Å². The Balaban J connectivity index is 1.94. The largest absolute Gasteiger partial charge is 0.435 e. The van der Waals surface area contributed by atoms with Crippen molar-refractivity contribution in [2.45, 2.75) is 0 Å². The SMILES string of the molecule is Clc1ccccc1-c1oc(-c2ccccc2)nc1-c1ccccc1. The number of oxazole rings is 1. The zero-order chi connectivity index (χ0) is 16.4. The summed E-state index contributed by atoms with van der Waals surface area (Å²) in [5.74, 6) is 1.27. The van der Waals surface area contributed by atoms with E-state index in [2.05, 4.69) is 0 Å². The molecule has 0 amide bonds. The van der Waals surface area contributed by atoms with Crippen LogP contribution in [-0.4, -0.2) is 4.98 Å². The van der Waals surface area contributed by atoms with E-state index >= 15 is 0 Å². The summed E-state index contributed by atoms with van der Waals surface area (Å²) in [6.07, 6.45) is 0. The molecule has 0 N–H and O–H groups in total. The monoisotopic (exact) mass is 331 g/mol. The second-order valence-electron chi connectivity index (χ2n) is 5.41. The van der Waals surface area contributed by atoms with Gasteiger partial charge in [0.25, 0.3) is 0 Å². The van der Waals surface area contributed by atoms with Crippen LogP contribution in [0, 0.1) is 0 Å². The molecule has 0 aliphatic carbocycles. The van der Waals surface area contributed by atoms with Crippen LogP contribution >= 0.6 is 11.6 Å². The Morgan fingerprint density at radius 1 is 0.667 bits per heavy atom. The summed E-state index contributed by atoms with van der Waals surface area (Å²) in [6.45, 7) is 0. The normalized spacial score (nSPS) is 10.7. The average molecular weight is 332 g/mol. The fourth-order valence-corrected chi connectivity index (χ4v) is 2.87. The van der Waals surface area contributed by atoms with Crippen molar-refractivity contribution >= 4 is 11.6 Å². The van der Waals surface area contributed by atoms with Crippen molar-refractivity contribution in [2.24, 2.45) is 0 Å². The number of hydrogen-bond donors (Lipinski definition) is 0. The van der Waals surface area contributed by atoms with Gasteiger partial charge in [-0.25, -0.2) is 4.98 Å². The van der Waals surface area contributed by atoms with Gasteiger partial charge in [-0.3, -0.25) is 0 Å². The Bertz CT molecular complexity index is 962. The molecule has 24 heavy (non-hydrogen) atoms. The number of aromatic nitrogens is 1. The first-order chi connectivity index (χ1) is 11.8. The number of nitrogens with zero attached hydrogens (tertiary/aromatic N) is 1. The van der Waals surface area contributed by atoms with E-state index in [9.17, 15) is 0 Å². The summed E-state index contributed by atoms with van der Waals surface area (Å²) in [7, 11) is 0. The van der Waals surface area contributed by atoms with Crippen LogP contribution < -0.4 is 0 Å². The number of benzene rings is 3. The molecular formula is C21H14ClNO. The van der Waals surface area contributed by atoms with Crippen LogP contribution in [0.2, 0.25) is 5.02 Å². The Morgan fingerprint density at radius 2 is 1.25 bits per heavy atom. The highest BCUT2D eigenvalue weighted by atomic mass is 35.5. The van der Waals surface area contributed by atoms with Gasteiger partial charge in [-0.2, -0.15) is 0 Å². The first-order valence-electron chi connectivity index (χ1n) is 7.69. The van der Waals surface area contributed by atoms with Crippen LogP contribution in [0.1, 0.15) is 0 Å². The molecule has 0 saturated carbocycles. The smallest absolute Gasteiger partial charge is 0.227 e. The number of rotatable bonds is 3. The third-order valence-electron chi connectivity index (χ3n) is 3.81. The lowest BCUT2D eigenvalue weighted by Crippen LogP contribution is -1.83. The maximum atomic E-state index is 6.39. The van der Waals surface area contributed by atoms with Gasteiger partial charge < -0.3 is 4.42 Å². The standard InChI is InChI=1S/C21H14ClNO/c22-18-14-8-7-13-17(18)20-19(15-9-3-1-4-10-15)23-21(24-20)16-11-5-2-6-12-16/h1-14H. The van der Waals surface area contributed by atoms with Crippen LogP contribution in [0.4, 0.5) is 0 Å². The summed E-state index contributed by atoms with van der Waals surface area (Å²) in [6, 6.07) is 27.5. The molecule has 0 saturated heterocycles. The van der Waals surface area contributed by atoms with Crippen molar-refractivity contribution in [3.63, 3.8) is 0 Å². The molecule has 0 aliphatic rings. The maximum absolute atomic E-state index is 6.39. The molecule has 0 bridgehead atoms. The highest BCUT2D eigenvalue weighted by molar-refractivity contribution is 6.33. The highest BCUT2D eigenvalue weighted by Crippen LogP contribution is 2.38. The van der Waals surface area contributed by atoms with Crippen molar-refractivity contribution in [1.82, 2.24) is 4.98 Å². The molecule has 0 radical (unpaired) electrons. The summed E-state index contributed by atoms with van der Waals surface area (Å²) in [4.78, 5) is 4.74. The van der Waals surface area contributed by atoms with Gasteiger partial charge in [-0.05, 0) is 24.3 Å². The quantitative estimate of drug-likeness (QED) is 0.438. The van der Waals surface area contributed by atoms with Gasteiger partial charge in [0.15, 0.2) is 5.76 Å². The lowest BCUT2D eigenvalue weighted by Gasteiger charge is -2.03. The van der Waals surface area contributed by atoms with Crippen LogP contribution in [0.25, 0.3) is 34.0 Å². The Labute approximate surface area is 145 Å². The van der Waals surface area contributed by atoms with Gasteiger partial charge in [-0.15, -0.1) is 0 Å². The molecule has 0 fully saturated rings. The van der Waals surface area contributed by atoms with E-state index in [-0.39, 0.29) is 0 Å². The lowest BCUT2D eigenvalue weighted by molar-refractivity contribution is 0.589. The van der Waals surface area contributed by atoms with Crippen molar-refractivity contribution in [3.05, 3.63) is 90.0 Å². The Morgan fingerprint density at radius 3 is 1.92 bits per heavy atom. The number of hydrogen-bond acceptors (Lipinski definition) is 2. The van der Waals surface area contributed by atoms with Gasteiger partial charge >= 0.3 is 0 Å². The third kappa shape index (κ3) is 2.72. The second kappa shape index (κ2) is 6.34. The van der Waals surface area contributed by atoms with Crippen LogP contribution in [0.5, 0.6) is 0 Å². The van der Waals surface area contributed by atoms with Crippen molar-refractivity contribution in [2.75, 3.05) is 0 Å². The zero-order valence-electron chi connectivity index (χ0n) is 12.8. The summed E-state index contributed by atoms with van der Waals surface area (Å²) in [5.41, 5.74) is 3.57. The van der Waals surface area contributed by atoms with Crippen LogP contribution in [0.15, 0.2) is 89.3 Å². The molecule has 1 aromatic heterocycles. The maximum Gasteiger partial charge on any atom is 0.227 e. The third-order valence-corrected chi connectivity index (χ3v) is 4.14. The molecule has 0 atom stereocenters. The topological polar surface area (TPSA) is 26.0 Å². The molecule has 4 rings (SSSR count). The predicted octanol–water partition coefficient (Wildman–Crippen LogP) is 6.33. The first-order valence-corrected chi connectivity index (χ1v) is 8.07. The fraction of sp³-hybridized carbons (Fsp3) is 0. The minimum absolute atomic E-state index is 0.587. The summed E-state index contributed by atoms with van der Waals surface area (Å²) < 4.78 is 6.13. The van der Waals surface area contributed by atoms with Crippen molar-refractivity contribution in [3.8, 4) is 34.0 Å². The highest BCUT2D eigenvalue weighted by Gasteiger charge is 2.19. The van der Waals surface area contributed by atoms with Crippen molar-refractivity contribution < 1.29 is 4.42 Å². The second-order valence-corrected chi connectivity index (χ2v) is 5.82. The number of halogens is 1. The van der Waals surface area contributed by atoms with E-state index in [0.717, 1.165) is 22.4 Å². The zero-order valence-corrected chi connectivity index (χ0v) is 13.6. The molecule has 3 heteroatoms. The van der Waals surface area contributed by atoms with E-state index in [1.165, 1.54) is 0 Å². The molecule has 3 aromatic carbocycles. The minimum atomic E-state index is 0.587. The Kier molecular flexibility index (Phi) is 3.89. The van der Waals surface area contributed by atoms with E-state index in [4.69, 9.17) is 21.0 Å². The van der Waals surface area contributed by atoms with Crippen LogP contribution in [0.3, 0.4) is 0 Å². The molecule has 0 aliphatic heterocycles. The van der Waals surface area contributed by atoms with Gasteiger partial charge in [0.2, 0.25) is 5.89 Å². The molecule has 2 nitrogen and oxygen atoms in total. The van der Waals surface area contributed by atoms with Gasteiger partial charge in [0, 0.05) is 16.7 Å². The summed E-state index contributed by atoms with van der Waals surface area (Å²) >= 11 is 6.39. The van der Waals surface area contributed by atoms with E-state index in [0.29, 0.717) is 16.7 Å². The van der Waals surface area contributed by atoms with E-state index < -0.39 is 0 Å². The summed E-state index contributed by atoms with van der Waals surface area (Å²) in [5, 5.41) is 0.644. The molecule has 116 valence electrons. The van der Waals surface area contributed by atoms with Crippen molar-refractivity contribution in [1.29, 1.82) is 0 Å². The molecular weight excluding hydrogens is 318 g/mol. The van der Waals surface area contributed by atoms with Gasteiger partial charge in [0.05, 0.1) is 5.02 Å². The Hall–Kier alpha value is -2.84. The molecule has 0 unspecified atom stereocenters. The van der Waals surface area contributed by atoms with E-state index in [1.807, 2.05) is 84.9 Å². The molecule has 0 spiro atoms.